The molecule has 0 saturated carbocycles. The van der Waals surface area contributed by atoms with Crippen LogP contribution >= 0.6 is 0 Å². The van der Waals surface area contributed by atoms with Crippen molar-refractivity contribution < 1.29 is 32.3 Å². The van der Waals surface area contributed by atoms with E-state index >= 15 is 0 Å². The van der Waals surface area contributed by atoms with E-state index in [0.717, 1.165) is 56.8 Å². The molecule has 3 atom stereocenters. The fourth-order valence-corrected chi connectivity index (χ4v) is 6.85. The molecule has 256 valence electrons. The molecule has 14 heteroatoms. The number of nitrogens with one attached hydrogen (secondary N) is 2. The summed E-state index contributed by atoms with van der Waals surface area (Å²) in [4.78, 5) is 31.6. The molecule has 1 aromatic heterocycles. The minimum Gasteiger partial charge on any atom is -0.494 e. The molecule has 6 rings (SSSR count). The van der Waals surface area contributed by atoms with Crippen LogP contribution in [0.3, 0.4) is 0 Å². The number of hydrogen-bond donors (Lipinski definition) is 2. The molecule has 3 fully saturated rings. The molecule has 2 N–H and O–H groups in total. The molecular weight excluding hydrogens is 627 g/mol. The van der Waals surface area contributed by atoms with Crippen LogP contribution < -0.4 is 25.3 Å². The number of morpholine rings is 1. The highest BCUT2D eigenvalue weighted by Gasteiger charge is 2.35. The molecule has 0 aliphatic carbocycles. The number of nitrogens with zero attached hydrogens (tertiary/aromatic N) is 5. The average Bonchev–Trinajstić information content (AvgIpc) is 3.56. The summed E-state index contributed by atoms with van der Waals surface area (Å²) in [6.07, 6.45) is 5.02. The third kappa shape index (κ3) is 7.05. The molecule has 3 aliphatic rings. The maximum Gasteiger partial charge on any atom is 0.247 e. The Morgan fingerprint density at radius 1 is 1.02 bits per heavy atom. The van der Waals surface area contributed by atoms with Crippen LogP contribution in [0, 0.1) is 17.5 Å². The molecule has 3 saturated heterocycles. The Labute approximate surface area is 277 Å². The Kier molecular flexibility index (Phi) is 10.0. The Balaban J connectivity index is 1.24. The lowest BCUT2D eigenvalue weighted by atomic mass is 10.00. The van der Waals surface area contributed by atoms with Gasteiger partial charge in [0, 0.05) is 50.8 Å². The fraction of sp³-hybridized carbons (Fsp3) is 0.441. The van der Waals surface area contributed by atoms with Crippen molar-refractivity contribution in [3.8, 4) is 5.75 Å². The van der Waals surface area contributed by atoms with Gasteiger partial charge in [-0.05, 0) is 51.0 Å². The van der Waals surface area contributed by atoms with E-state index < -0.39 is 29.1 Å². The van der Waals surface area contributed by atoms with Gasteiger partial charge in [-0.1, -0.05) is 6.58 Å². The fourth-order valence-electron chi connectivity index (χ4n) is 6.85. The number of methoxy groups -OCH3 is 1. The van der Waals surface area contributed by atoms with Crippen LogP contribution in [-0.2, 0) is 14.4 Å². The number of aromatic nitrogens is 2. The largest absolute Gasteiger partial charge is 0.494 e. The standard InChI is InChI=1S/C34H40F3N7O4/c1-5-32(45)41-25-14-26(29(46-4)15-28(25)42-11-8-22(9-12-42)43-17-20(2)48-21(3)18-43)40-30-16-31(39-19-38-30)44-27(10-13-47-44)33-23(35)6-7-24(36)34(33)37/h5-7,14-16,19-22,27H,1,8-13,17-18H2,2-4H3,(H,41,45)(H,38,39,40)/t20-,21+,27-/m1/s1. The van der Waals surface area contributed by atoms with E-state index in [2.05, 4.69) is 50.8 Å². The molecule has 4 heterocycles. The molecule has 1 amide bonds. The van der Waals surface area contributed by atoms with Crippen molar-refractivity contribution in [2.24, 2.45) is 0 Å². The highest BCUT2D eigenvalue weighted by molar-refractivity contribution is 6.02. The van der Waals surface area contributed by atoms with E-state index in [4.69, 9.17) is 14.3 Å². The zero-order chi connectivity index (χ0) is 33.9. The normalized spacial score (nSPS) is 22.1. The van der Waals surface area contributed by atoms with Gasteiger partial charge in [-0.3, -0.25) is 14.5 Å². The van der Waals surface area contributed by atoms with Gasteiger partial charge in [-0.15, -0.1) is 0 Å². The number of amides is 1. The number of hydrogen-bond acceptors (Lipinski definition) is 10. The minimum atomic E-state index is -1.27. The van der Waals surface area contributed by atoms with Gasteiger partial charge in [0.05, 0.1) is 54.6 Å². The second-order valence-corrected chi connectivity index (χ2v) is 12.3. The third-order valence-electron chi connectivity index (χ3n) is 8.99. The quantitative estimate of drug-likeness (QED) is 0.217. The molecule has 3 aromatic rings. The summed E-state index contributed by atoms with van der Waals surface area (Å²) in [7, 11) is 1.55. The summed E-state index contributed by atoms with van der Waals surface area (Å²) in [5, 5.41) is 7.40. The number of benzene rings is 2. The van der Waals surface area contributed by atoms with E-state index in [9.17, 15) is 18.0 Å². The van der Waals surface area contributed by atoms with Crippen molar-refractivity contribution >= 4 is 34.6 Å². The lowest BCUT2D eigenvalue weighted by molar-refractivity contribution is -0.111. The first-order chi connectivity index (χ1) is 23.1. The number of piperidine rings is 1. The minimum absolute atomic E-state index is 0.149. The molecule has 0 unspecified atom stereocenters. The second-order valence-electron chi connectivity index (χ2n) is 12.3. The van der Waals surface area contributed by atoms with Crippen LogP contribution in [-0.4, -0.2) is 78.9 Å². The van der Waals surface area contributed by atoms with Crippen molar-refractivity contribution in [3.63, 3.8) is 0 Å². The lowest BCUT2D eigenvalue weighted by Gasteiger charge is -2.44. The number of anilines is 5. The first kappa shape index (κ1) is 33.5. The summed E-state index contributed by atoms with van der Waals surface area (Å²) in [6, 6.07) is 6.32. The Morgan fingerprint density at radius 2 is 1.75 bits per heavy atom. The molecule has 0 radical (unpaired) electrons. The Morgan fingerprint density at radius 3 is 2.46 bits per heavy atom. The van der Waals surface area contributed by atoms with Crippen molar-refractivity contribution in [1.29, 1.82) is 0 Å². The van der Waals surface area contributed by atoms with Gasteiger partial charge in [-0.2, -0.15) is 0 Å². The number of ether oxygens (including phenoxy) is 2. The van der Waals surface area contributed by atoms with Gasteiger partial charge in [0.25, 0.3) is 0 Å². The van der Waals surface area contributed by atoms with Crippen LogP contribution in [0.5, 0.6) is 5.75 Å². The molecule has 11 nitrogen and oxygen atoms in total. The number of rotatable bonds is 9. The highest BCUT2D eigenvalue weighted by Crippen LogP contribution is 2.41. The van der Waals surface area contributed by atoms with E-state index in [1.807, 2.05) is 6.07 Å². The first-order valence-corrected chi connectivity index (χ1v) is 16.1. The van der Waals surface area contributed by atoms with Gasteiger partial charge in [0.2, 0.25) is 5.91 Å². The zero-order valence-corrected chi connectivity index (χ0v) is 27.2. The van der Waals surface area contributed by atoms with Crippen LogP contribution in [0.15, 0.2) is 49.3 Å². The molecule has 2 aromatic carbocycles. The topological polar surface area (TPSA) is 104 Å². The molecule has 48 heavy (non-hydrogen) atoms. The van der Waals surface area contributed by atoms with Gasteiger partial charge in [0.15, 0.2) is 17.5 Å². The zero-order valence-electron chi connectivity index (χ0n) is 27.2. The summed E-state index contributed by atoms with van der Waals surface area (Å²) in [5.74, 6) is -2.64. The highest BCUT2D eigenvalue weighted by atomic mass is 19.2. The van der Waals surface area contributed by atoms with E-state index in [0.29, 0.717) is 29.0 Å². The SMILES string of the molecule is C=CC(=O)Nc1cc(Nc2cc(N3OCC[C@@H]3c3c(F)ccc(F)c3F)ncn2)c(OC)cc1N1CCC(N2C[C@@H](C)O[C@@H](C)C2)CC1. The molecule has 0 bridgehead atoms. The van der Waals surface area contributed by atoms with Crippen molar-refractivity contribution in [2.75, 3.05) is 60.5 Å². The molecule has 3 aliphatic heterocycles. The lowest BCUT2D eigenvalue weighted by Crippen LogP contribution is -2.53. The van der Waals surface area contributed by atoms with Gasteiger partial charge in [0.1, 0.15) is 23.7 Å². The van der Waals surface area contributed by atoms with Crippen LogP contribution in [0.2, 0.25) is 0 Å². The number of carbonyl (C=O) groups excluding carboxylic acids is 1. The number of halogens is 3. The maximum absolute atomic E-state index is 14.7. The summed E-state index contributed by atoms with van der Waals surface area (Å²) in [6.45, 7) is 11.4. The van der Waals surface area contributed by atoms with Crippen molar-refractivity contribution in [1.82, 2.24) is 14.9 Å². The predicted molar refractivity (Wildman–Crippen MR) is 176 cm³/mol. The maximum atomic E-state index is 14.7. The third-order valence-corrected chi connectivity index (χ3v) is 8.99. The molecule has 0 spiro atoms. The van der Waals surface area contributed by atoms with Crippen LogP contribution in [0.4, 0.5) is 41.9 Å². The van der Waals surface area contributed by atoms with Gasteiger partial charge >= 0.3 is 0 Å². The summed E-state index contributed by atoms with van der Waals surface area (Å²) < 4.78 is 55.1. The van der Waals surface area contributed by atoms with E-state index in [-0.39, 0.29) is 37.0 Å². The molecular formula is C34H40F3N7O4. The second kappa shape index (κ2) is 14.4. The summed E-state index contributed by atoms with van der Waals surface area (Å²) >= 11 is 0. The Hall–Kier alpha value is -4.40. The van der Waals surface area contributed by atoms with E-state index in [1.54, 1.807) is 19.2 Å². The average molecular weight is 668 g/mol. The Bertz CT molecular complexity index is 1650. The monoisotopic (exact) mass is 667 g/mol. The number of carbonyl (C=O) groups is 1. The first-order valence-electron chi connectivity index (χ1n) is 16.1. The van der Waals surface area contributed by atoms with E-state index in [1.165, 1.54) is 17.5 Å². The van der Waals surface area contributed by atoms with Crippen LogP contribution in [0.1, 0.15) is 44.7 Å². The van der Waals surface area contributed by atoms with Gasteiger partial charge < -0.3 is 25.0 Å². The van der Waals surface area contributed by atoms with Crippen molar-refractivity contribution in [2.45, 2.75) is 57.4 Å². The van der Waals surface area contributed by atoms with Crippen molar-refractivity contribution in [3.05, 3.63) is 72.3 Å². The van der Waals surface area contributed by atoms with Gasteiger partial charge in [-0.25, -0.2) is 28.2 Å². The summed E-state index contributed by atoms with van der Waals surface area (Å²) in [5.41, 5.74) is 1.44. The van der Waals surface area contributed by atoms with Crippen LogP contribution in [0.25, 0.3) is 0 Å². The number of hydroxylamine groups is 1. The predicted octanol–water partition coefficient (Wildman–Crippen LogP) is 5.73. The smallest absolute Gasteiger partial charge is 0.247 e.